The summed E-state index contributed by atoms with van der Waals surface area (Å²) in [4.78, 5) is 20.4. The second-order valence-electron chi connectivity index (χ2n) is 8.75. The predicted octanol–water partition coefficient (Wildman–Crippen LogP) is 8.91. The van der Waals surface area contributed by atoms with Crippen LogP contribution in [0.3, 0.4) is 0 Å². The van der Waals surface area contributed by atoms with E-state index in [2.05, 4.69) is 48.5 Å². The highest BCUT2D eigenvalue weighted by molar-refractivity contribution is 5.87. The van der Waals surface area contributed by atoms with Gasteiger partial charge in [0.2, 0.25) is 0 Å². The highest BCUT2D eigenvalue weighted by Crippen LogP contribution is 2.17. The number of aromatic hydroxyl groups is 2. The van der Waals surface area contributed by atoms with Crippen molar-refractivity contribution in [2.24, 2.45) is 0 Å². The molecule has 6 rings (SSSR count). The molecule has 0 heterocycles. The zero-order chi connectivity index (χ0) is 31.8. The lowest BCUT2D eigenvalue weighted by Gasteiger charge is -1.98. The Balaban J connectivity index is 0.000000195. The largest absolute Gasteiger partial charge is 0.508 e. The van der Waals surface area contributed by atoms with Crippen LogP contribution in [0.5, 0.6) is 11.5 Å². The van der Waals surface area contributed by atoms with E-state index < -0.39 is 11.9 Å². The van der Waals surface area contributed by atoms with Crippen LogP contribution in [0.15, 0.2) is 182 Å². The van der Waals surface area contributed by atoms with Crippen LogP contribution in [0.1, 0.15) is 20.7 Å². The minimum Gasteiger partial charge on any atom is -0.508 e. The van der Waals surface area contributed by atoms with Crippen molar-refractivity contribution >= 4 is 11.9 Å². The van der Waals surface area contributed by atoms with Gasteiger partial charge >= 0.3 is 11.9 Å². The average Bonchev–Trinajstić information content (AvgIpc) is 3.08. The Labute approximate surface area is 257 Å². The van der Waals surface area contributed by atoms with Crippen molar-refractivity contribution in [3.05, 3.63) is 193 Å². The van der Waals surface area contributed by atoms with Crippen LogP contribution in [0.2, 0.25) is 0 Å². The quantitative estimate of drug-likeness (QED) is 0.165. The van der Waals surface area contributed by atoms with Gasteiger partial charge in [-0.25, -0.2) is 9.59 Å². The van der Waals surface area contributed by atoms with E-state index in [1.807, 2.05) is 24.3 Å². The van der Waals surface area contributed by atoms with Crippen molar-refractivity contribution in [1.29, 1.82) is 0 Å². The maximum Gasteiger partial charge on any atom is 0.335 e. The summed E-state index contributed by atoms with van der Waals surface area (Å²) < 4.78 is 0. The topological polar surface area (TPSA) is 115 Å². The average molecular weight is 587 g/mol. The van der Waals surface area contributed by atoms with Crippen molar-refractivity contribution in [2.75, 3.05) is 0 Å². The van der Waals surface area contributed by atoms with Gasteiger partial charge in [-0.05, 0) is 59.7 Å². The van der Waals surface area contributed by atoms with Crippen LogP contribution in [-0.2, 0) is 0 Å². The molecule has 6 aromatic rings. The van der Waals surface area contributed by atoms with Crippen molar-refractivity contribution in [2.45, 2.75) is 0 Å². The Hall–Kier alpha value is -6.14. The summed E-state index contributed by atoms with van der Waals surface area (Å²) in [5.74, 6) is -1.11. The minimum atomic E-state index is -0.879. The molecule has 4 N–H and O–H groups in total. The van der Waals surface area contributed by atoms with Crippen LogP contribution >= 0.6 is 0 Å². The number of aromatic carboxylic acids is 2. The fourth-order valence-corrected chi connectivity index (χ4v) is 3.28. The first-order chi connectivity index (χ1) is 21.4. The zero-order valence-corrected chi connectivity index (χ0v) is 23.9. The van der Waals surface area contributed by atoms with Gasteiger partial charge < -0.3 is 20.4 Å². The second kappa shape index (κ2) is 20.7. The van der Waals surface area contributed by atoms with E-state index in [4.69, 9.17) is 20.4 Å². The van der Waals surface area contributed by atoms with Crippen molar-refractivity contribution < 1.29 is 30.0 Å². The second-order valence-corrected chi connectivity index (χ2v) is 8.75. The standard InChI is InChI=1S/C12H10.2C7H6O2.2C6H6O/c1-3-7-11(8-4-1)12-9-5-2-6-10-12;2*8-7(9)6-4-2-1-3-5-6;2*7-6-4-2-1-3-5-6/h1-10H;2*1-5H,(H,8,9);2*1-5,7H. The molecule has 0 aliphatic rings. The summed E-state index contributed by atoms with van der Waals surface area (Å²) in [5.41, 5.74) is 3.21. The van der Waals surface area contributed by atoms with E-state index in [0.29, 0.717) is 22.6 Å². The third kappa shape index (κ3) is 15.0. The molecular formula is C38H34O6. The molecule has 0 aliphatic carbocycles. The van der Waals surface area contributed by atoms with Crippen molar-refractivity contribution in [3.63, 3.8) is 0 Å². The SMILES string of the molecule is O=C(O)c1ccccc1.O=C(O)c1ccccc1.Oc1ccccc1.Oc1ccccc1.c1ccc(-c2ccccc2)cc1. The van der Waals surface area contributed by atoms with E-state index in [-0.39, 0.29) is 0 Å². The molecule has 0 atom stereocenters. The lowest BCUT2D eigenvalue weighted by molar-refractivity contribution is 0.0686. The van der Waals surface area contributed by atoms with Crippen molar-refractivity contribution in [3.8, 4) is 22.6 Å². The van der Waals surface area contributed by atoms with Gasteiger partial charge in [-0.1, -0.05) is 133 Å². The summed E-state index contributed by atoms with van der Waals surface area (Å²) in [6, 6.07) is 54.8. The monoisotopic (exact) mass is 586 g/mol. The first-order valence-electron chi connectivity index (χ1n) is 13.5. The Morgan fingerprint density at radius 3 is 0.682 bits per heavy atom. The Morgan fingerprint density at radius 1 is 0.318 bits per heavy atom. The number of hydrogen-bond acceptors (Lipinski definition) is 4. The molecule has 0 amide bonds. The van der Waals surface area contributed by atoms with Crippen LogP contribution in [0.4, 0.5) is 0 Å². The number of rotatable bonds is 3. The fraction of sp³-hybridized carbons (Fsp3) is 0. The van der Waals surface area contributed by atoms with E-state index in [1.165, 1.54) is 11.1 Å². The van der Waals surface area contributed by atoms with Crippen LogP contribution in [-0.4, -0.2) is 32.4 Å². The molecule has 0 aromatic heterocycles. The molecule has 0 radical (unpaired) electrons. The summed E-state index contributed by atoms with van der Waals surface area (Å²) in [7, 11) is 0. The van der Waals surface area contributed by atoms with Crippen LogP contribution < -0.4 is 0 Å². The van der Waals surface area contributed by atoms with Gasteiger partial charge in [0.25, 0.3) is 0 Å². The normalized spacial score (nSPS) is 9.00. The number of phenols is 2. The number of benzene rings is 6. The molecule has 6 nitrogen and oxygen atoms in total. The molecule has 0 aliphatic heterocycles. The highest BCUT2D eigenvalue weighted by atomic mass is 16.4. The Kier molecular flexibility index (Phi) is 16.0. The molecule has 0 unspecified atom stereocenters. The molecule has 0 saturated heterocycles. The molecule has 0 saturated carbocycles. The number of carboxylic acids is 2. The number of hydrogen-bond donors (Lipinski definition) is 4. The Morgan fingerprint density at radius 2 is 0.523 bits per heavy atom. The van der Waals surface area contributed by atoms with E-state index >= 15 is 0 Å². The summed E-state index contributed by atoms with van der Waals surface area (Å²) >= 11 is 0. The number of para-hydroxylation sites is 2. The van der Waals surface area contributed by atoms with Gasteiger partial charge in [0.15, 0.2) is 0 Å². The molecule has 44 heavy (non-hydrogen) atoms. The first kappa shape index (κ1) is 34.1. The third-order valence-corrected chi connectivity index (χ3v) is 5.43. The van der Waals surface area contributed by atoms with Gasteiger partial charge in [0.05, 0.1) is 11.1 Å². The van der Waals surface area contributed by atoms with Gasteiger partial charge in [-0.3, -0.25) is 0 Å². The molecule has 6 aromatic carbocycles. The third-order valence-electron chi connectivity index (χ3n) is 5.43. The predicted molar refractivity (Wildman–Crippen MR) is 175 cm³/mol. The number of carboxylic acid groups (broad SMARTS) is 2. The Bertz CT molecular complexity index is 1450. The molecule has 0 spiro atoms. The van der Waals surface area contributed by atoms with Gasteiger partial charge in [-0.15, -0.1) is 0 Å². The maximum atomic E-state index is 10.2. The number of phenolic OH excluding ortho intramolecular Hbond substituents is 2. The van der Waals surface area contributed by atoms with Gasteiger partial charge in [-0.2, -0.15) is 0 Å². The summed E-state index contributed by atoms with van der Waals surface area (Å²) in [6.45, 7) is 0. The van der Waals surface area contributed by atoms with E-state index in [1.54, 1.807) is 109 Å². The summed E-state index contributed by atoms with van der Waals surface area (Å²) in [6.07, 6.45) is 0. The van der Waals surface area contributed by atoms with Gasteiger partial charge in [0, 0.05) is 0 Å². The van der Waals surface area contributed by atoms with Crippen LogP contribution in [0, 0.1) is 0 Å². The maximum absolute atomic E-state index is 10.2. The van der Waals surface area contributed by atoms with E-state index in [0.717, 1.165) is 0 Å². The highest BCUT2D eigenvalue weighted by Gasteiger charge is 1.97. The summed E-state index contributed by atoms with van der Waals surface area (Å²) in [5, 5.41) is 34.0. The molecule has 0 fully saturated rings. The molecule has 6 heteroatoms. The lowest BCUT2D eigenvalue weighted by Crippen LogP contribution is -1.93. The molecule has 222 valence electrons. The molecular weight excluding hydrogens is 552 g/mol. The minimum absolute atomic E-state index is 0.322. The van der Waals surface area contributed by atoms with Gasteiger partial charge in [0.1, 0.15) is 11.5 Å². The zero-order valence-electron chi connectivity index (χ0n) is 23.9. The van der Waals surface area contributed by atoms with Crippen molar-refractivity contribution in [1.82, 2.24) is 0 Å². The van der Waals surface area contributed by atoms with Crippen LogP contribution in [0.25, 0.3) is 11.1 Å². The fourth-order valence-electron chi connectivity index (χ4n) is 3.28. The smallest absolute Gasteiger partial charge is 0.335 e. The number of carbonyl (C=O) groups is 2. The molecule has 0 bridgehead atoms. The first-order valence-corrected chi connectivity index (χ1v) is 13.5. The van der Waals surface area contributed by atoms with E-state index in [9.17, 15) is 9.59 Å². The lowest BCUT2D eigenvalue weighted by atomic mass is 10.1.